The third kappa shape index (κ3) is 5.32. The molecule has 0 aliphatic heterocycles. The Kier molecular flexibility index (Phi) is 6.94. The predicted octanol–water partition coefficient (Wildman–Crippen LogP) is 3.32. The van der Waals surface area contributed by atoms with Crippen LogP contribution < -0.4 is 19.6 Å². The van der Waals surface area contributed by atoms with E-state index in [0.29, 0.717) is 29.4 Å². The van der Waals surface area contributed by atoms with Crippen LogP contribution >= 0.6 is 0 Å². The lowest BCUT2D eigenvalue weighted by Gasteiger charge is -2.06. The van der Waals surface area contributed by atoms with Crippen LogP contribution in [0.15, 0.2) is 60.0 Å². The Morgan fingerprint density at radius 1 is 1.03 bits per heavy atom. The molecular formula is C22H22N4O4. The number of carbonyl (C=O) groups is 1. The van der Waals surface area contributed by atoms with Gasteiger partial charge in [-0.15, -0.1) is 0 Å². The normalized spacial score (nSPS) is 10.6. The summed E-state index contributed by atoms with van der Waals surface area (Å²) in [5.41, 5.74) is 4.72. The molecule has 3 rings (SSSR count). The average molecular weight is 406 g/mol. The molecule has 1 amide bonds. The Balaban J connectivity index is 1.70. The van der Waals surface area contributed by atoms with Crippen LogP contribution in [0.1, 0.15) is 23.0 Å². The minimum atomic E-state index is -0.471. The Morgan fingerprint density at radius 3 is 2.37 bits per heavy atom. The number of amides is 1. The summed E-state index contributed by atoms with van der Waals surface area (Å²) in [5.74, 6) is 1.54. The van der Waals surface area contributed by atoms with Crippen LogP contribution in [0.5, 0.6) is 17.2 Å². The fraction of sp³-hybridized carbons (Fsp3) is 0.182. The van der Waals surface area contributed by atoms with Crippen molar-refractivity contribution in [1.82, 2.24) is 15.4 Å². The van der Waals surface area contributed by atoms with E-state index in [1.54, 1.807) is 38.6 Å². The summed E-state index contributed by atoms with van der Waals surface area (Å²) in [7, 11) is 3.13. The maximum absolute atomic E-state index is 12.4. The minimum absolute atomic E-state index is 0.154. The van der Waals surface area contributed by atoms with Crippen LogP contribution in [0.25, 0.3) is 11.3 Å². The van der Waals surface area contributed by atoms with Crippen molar-refractivity contribution in [2.75, 3.05) is 20.8 Å². The monoisotopic (exact) mass is 406 g/mol. The molecule has 2 aromatic carbocycles. The first-order chi connectivity index (χ1) is 14.6. The molecule has 0 atom stereocenters. The number of hydrogen-bond acceptors (Lipinski definition) is 7. The fourth-order valence-electron chi connectivity index (χ4n) is 2.63. The van der Waals surface area contributed by atoms with Crippen molar-refractivity contribution in [3.8, 4) is 28.5 Å². The van der Waals surface area contributed by atoms with Gasteiger partial charge >= 0.3 is 0 Å². The second-order valence-corrected chi connectivity index (χ2v) is 6.09. The molecule has 0 bridgehead atoms. The first kappa shape index (κ1) is 20.8. The average Bonchev–Trinajstić information content (AvgIpc) is 2.79. The highest BCUT2D eigenvalue weighted by Gasteiger charge is 2.09. The van der Waals surface area contributed by atoms with E-state index in [2.05, 4.69) is 20.5 Å². The summed E-state index contributed by atoms with van der Waals surface area (Å²) >= 11 is 0. The summed E-state index contributed by atoms with van der Waals surface area (Å²) in [6.45, 7) is 2.52. The van der Waals surface area contributed by atoms with E-state index in [9.17, 15) is 4.79 Å². The van der Waals surface area contributed by atoms with E-state index in [1.165, 1.54) is 12.4 Å². The molecule has 0 aliphatic rings. The highest BCUT2D eigenvalue weighted by Crippen LogP contribution is 2.22. The van der Waals surface area contributed by atoms with Gasteiger partial charge in [-0.05, 0) is 43.3 Å². The maximum Gasteiger partial charge on any atom is 0.291 e. The molecular weight excluding hydrogens is 384 g/mol. The molecule has 1 N–H and O–H groups in total. The highest BCUT2D eigenvalue weighted by atomic mass is 16.5. The van der Waals surface area contributed by atoms with Gasteiger partial charge < -0.3 is 14.2 Å². The number of rotatable bonds is 8. The number of aromatic nitrogens is 2. The summed E-state index contributed by atoms with van der Waals surface area (Å²) in [4.78, 5) is 20.9. The fourth-order valence-corrected chi connectivity index (χ4v) is 2.63. The van der Waals surface area contributed by atoms with Crippen molar-refractivity contribution >= 4 is 12.1 Å². The zero-order chi connectivity index (χ0) is 21.3. The van der Waals surface area contributed by atoms with Gasteiger partial charge in [-0.1, -0.05) is 0 Å². The first-order valence-corrected chi connectivity index (χ1v) is 9.24. The van der Waals surface area contributed by atoms with Gasteiger partial charge in [0.05, 0.1) is 45.1 Å². The van der Waals surface area contributed by atoms with Gasteiger partial charge in [0, 0.05) is 17.2 Å². The van der Waals surface area contributed by atoms with E-state index < -0.39 is 5.91 Å². The second-order valence-electron chi connectivity index (χ2n) is 6.09. The molecule has 0 saturated heterocycles. The molecule has 8 nitrogen and oxygen atoms in total. The Labute approximate surface area is 174 Å². The quantitative estimate of drug-likeness (QED) is 0.455. The number of nitrogens with zero attached hydrogens (tertiary/aromatic N) is 3. The van der Waals surface area contributed by atoms with Crippen LogP contribution in [0.2, 0.25) is 0 Å². The van der Waals surface area contributed by atoms with Crippen LogP contribution in [-0.4, -0.2) is 42.9 Å². The number of benzene rings is 2. The maximum atomic E-state index is 12.4. The van der Waals surface area contributed by atoms with E-state index in [1.807, 2.05) is 31.2 Å². The van der Waals surface area contributed by atoms with Crippen LogP contribution in [0, 0.1) is 0 Å². The molecule has 1 aromatic heterocycles. The highest BCUT2D eigenvalue weighted by molar-refractivity contribution is 5.93. The molecule has 30 heavy (non-hydrogen) atoms. The van der Waals surface area contributed by atoms with Crippen molar-refractivity contribution in [3.63, 3.8) is 0 Å². The van der Waals surface area contributed by atoms with Gasteiger partial charge in [-0.2, -0.15) is 5.10 Å². The van der Waals surface area contributed by atoms with Gasteiger partial charge in [-0.25, -0.2) is 10.4 Å². The summed E-state index contributed by atoms with van der Waals surface area (Å²) < 4.78 is 15.9. The number of nitrogens with one attached hydrogen (secondary N) is 1. The summed E-state index contributed by atoms with van der Waals surface area (Å²) in [6.07, 6.45) is 4.47. The largest absolute Gasteiger partial charge is 0.497 e. The van der Waals surface area contributed by atoms with Gasteiger partial charge in [0.2, 0.25) is 0 Å². The van der Waals surface area contributed by atoms with Crippen LogP contribution in [0.4, 0.5) is 0 Å². The van der Waals surface area contributed by atoms with E-state index in [4.69, 9.17) is 14.2 Å². The molecule has 0 saturated carbocycles. The van der Waals surface area contributed by atoms with Gasteiger partial charge in [0.25, 0.3) is 5.91 Å². The topological polar surface area (TPSA) is 94.9 Å². The number of hydrogen-bond donors (Lipinski definition) is 1. The van der Waals surface area contributed by atoms with E-state index in [-0.39, 0.29) is 5.69 Å². The lowest BCUT2D eigenvalue weighted by molar-refractivity contribution is 0.0950. The molecule has 0 aliphatic carbocycles. The lowest BCUT2D eigenvalue weighted by atomic mass is 10.1. The summed E-state index contributed by atoms with van der Waals surface area (Å²) in [5, 5.41) is 3.98. The molecule has 3 aromatic rings. The van der Waals surface area contributed by atoms with Gasteiger partial charge in [0.1, 0.15) is 22.9 Å². The van der Waals surface area contributed by atoms with Crippen LogP contribution in [0.3, 0.4) is 0 Å². The first-order valence-electron chi connectivity index (χ1n) is 9.24. The molecule has 0 fully saturated rings. The number of hydrazone groups is 1. The molecule has 0 unspecified atom stereocenters. The second kappa shape index (κ2) is 10.0. The minimum Gasteiger partial charge on any atom is -0.497 e. The molecule has 154 valence electrons. The molecule has 1 heterocycles. The predicted molar refractivity (Wildman–Crippen MR) is 113 cm³/mol. The third-order valence-electron chi connectivity index (χ3n) is 4.08. The standard InChI is InChI=1S/C22H22N4O4/c1-4-30-17-7-5-16(6-8-17)20-13-23-14-21(25-20)22(27)26-24-12-15-9-18(28-2)11-19(10-15)29-3/h5-14H,4H2,1-3H3,(H,26,27). The smallest absolute Gasteiger partial charge is 0.291 e. The third-order valence-corrected chi connectivity index (χ3v) is 4.08. The summed E-state index contributed by atoms with van der Waals surface area (Å²) in [6, 6.07) is 12.7. The molecule has 0 spiro atoms. The number of methoxy groups -OCH3 is 2. The van der Waals surface area contributed by atoms with Gasteiger partial charge in [0.15, 0.2) is 0 Å². The van der Waals surface area contributed by atoms with Crippen molar-refractivity contribution in [3.05, 3.63) is 66.1 Å². The molecule has 8 heteroatoms. The zero-order valence-corrected chi connectivity index (χ0v) is 17.0. The zero-order valence-electron chi connectivity index (χ0n) is 17.0. The van der Waals surface area contributed by atoms with E-state index in [0.717, 1.165) is 11.3 Å². The van der Waals surface area contributed by atoms with Gasteiger partial charge in [-0.3, -0.25) is 9.78 Å². The van der Waals surface area contributed by atoms with E-state index >= 15 is 0 Å². The van der Waals surface area contributed by atoms with Crippen molar-refractivity contribution in [2.24, 2.45) is 5.10 Å². The van der Waals surface area contributed by atoms with Crippen molar-refractivity contribution in [2.45, 2.75) is 6.92 Å². The SMILES string of the molecule is CCOc1ccc(-c2cncc(C(=O)NN=Cc3cc(OC)cc(OC)c3)n2)cc1. The van der Waals surface area contributed by atoms with Crippen molar-refractivity contribution in [1.29, 1.82) is 0 Å². The Bertz CT molecular complexity index is 1010. The lowest BCUT2D eigenvalue weighted by Crippen LogP contribution is -2.19. The Morgan fingerprint density at radius 2 is 1.73 bits per heavy atom. The van der Waals surface area contributed by atoms with Crippen molar-refractivity contribution < 1.29 is 19.0 Å². The Hall–Kier alpha value is -3.94. The number of carbonyl (C=O) groups excluding carboxylic acids is 1. The number of ether oxygens (including phenoxy) is 3. The van der Waals surface area contributed by atoms with Crippen LogP contribution in [-0.2, 0) is 0 Å². The molecule has 0 radical (unpaired) electrons.